The Labute approximate surface area is 111 Å². The first-order valence-electron chi connectivity index (χ1n) is 6.13. The minimum Gasteiger partial charge on any atom is -0.366 e. The zero-order chi connectivity index (χ0) is 13.1. The molecule has 1 saturated heterocycles. The van der Waals surface area contributed by atoms with Crippen LogP contribution < -0.4 is 5.48 Å². The Bertz CT molecular complexity index is 605. The van der Waals surface area contributed by atoms with Gasteiger partial charge in [-0.25, -0.2) is 4.79 Å². The van der Waals surface area contributed by atoms with Gasteiger partial charge in [-0.15, -0.1) is 5.48 Å². The molecule has 1 unspecified atom stereocenters. The molecule has 0 aromatic heterocycles. The molecule has 0 spiro atoms. The van der Waals surface area contributed by atoms with Crippen molar-refractivity contribution in [3.63, 3.8) is 0 Å². The first-order valence-corrected chi connectivity index (χ1v) is 6.13. The van der Waals surface area contributed by atoms with Crippen LogP contribution in [0.3, 0.4) is 0 Å². The Kier molecular flexibility index (Phi) is 3.12. The van der Waals surface area contributed by atoms with Crippen LogP contribution in [0.25, 0.3) is 6.08 Å². The smallest absolute Gasteiger partial charge is 0.354 e. The van der Waals surface area contributed by atoms with E-state index < -0.39 is 0 Å². The van der Waals surface area contributed by atoms with Crippen LogP contribution in [0.4, 0.5) is 0 Å². The molecule has 1 N–H and O–H groups in total. The summed E-state index contributed by atoms with van der Waals surface area (Å²) in [6.07, 6.45) is 1.86. The highest BCUT2D eigenvalue weighted by Gasteiger charge is 2.31. The molecule has 0 radical (unpaired) electrons. The van der Waals surface area contributed by atoms with E-state index in [1.165, 1.54) is 0 Å². The number of hydroxylamine groups is 1. The molecule has 19 heavy (non-hydrogen) atoms. The van der Waals surface area contributed by atoms with Crippen molar-refractivity contribution in [2.45, 2.75) is 6.04 Å². The Morgan fingerprint density at radius 2 is 1.58 bits per heavy atom. The van der Waals surface area contributed by atoms with Gasteiger partial charge in [0.25, 0.3) is 0 Å². The summed E-state index contributed by atoms with van der Waals surface area (Å²) < 4.78 is 0. The van der Waals surface area contributed by atoms with Crippen LogP contribution in [-0.4, -0.2) is 5.97 Å². The fourth-order valence-electron chi connectivity index (χ4n) is 2.12. The van der Waals surface area contributed by atoms with Gasteiger partial charge in [-0.05, 0) is 17.2 Å². The molecule has 0 amide bonds. The van der Waals surface area contributed by atoms with E-state index in [0.717, 1.165) is 11.1 Å². The summed E-state index contributed by atoms with van der Waals surface area (Å²) in [6, 6.07) is 19.3. The summed E-state index contributed by atoms with van der Waals surface area (Å²) in [6.45, 7) is 0. The van der Waals surface area contributed by atoms with Crippen molar-refractivity contribution in [1.82, 2.24) is 5.48 Å². The average molecular weight is 251 g/mol. The van der Waals surface area contributed by atoms with Crippen LogP contribution in [0.2, 0.25) is 0 Å². The van der Waals surface area contributed by atoms with Gasteiger partial charge < -0.3 is 4.84 Å². The molecule has 3 rings (SSSR count). The number of carbonyl (C=O) groups is 1. The van der Waals surface area contributed by atoms with Crippen molar-refractivity contribution < 1.29 is 9.63 Å². The van der Waals surface area contributed by atoms with E-state index in [2.05, 4.69) is 5.48 Å². The Morgan fingerprint density at radius 3 is 2.26 bits per heavy atom. The van der Waals surface area contributed by atoms with Gasteiger partial charge in [0, 0.05) is 0 Å². The van der Waals surface area contributed by atoms with E-state index in [1.807, 2.05) is 66.7 Å². The minimum atomic E-state index is -0.322. The standard InChI is InChI=1S/C16H13NO2/c18-16-14(11-12-7-3-1-4-8-12)15(17-19-16)13-9-5-2-6-10-13/h1-11,15,17H. The van der Waals surface area contributed by atoms with E-state index in [4.69, 9.17) is 4.84 Å². The van der Waals surface area contributed by atoms with Crippen LogP contribution in [0.5, 0.6) is 0 Å². The molecule has 0 aliphatic carbocycles. The maximum Gasteiger partial charge on any atom is 0.354 e. The lowest BCUT2D eigenvalue weighted by atomic mass is 9.98. The highest BCUT2D eigenvalue weighted by atomic mass is 16.7. The van der Waals surface area contributed by atoms with Crippen molar-refractivity contribution in [2.75, 3.05) is 0 Å². The molecule has 0 saturated carbocycles. The molecule has 94 valence electrons. The number of benzene rings is 2. The van der Waals surface area contributed by atoms with E-state index in [9.17, 15) is 4.79 Å². The second-order valence-electron chi connectivity index (χ2n) is 4.36. The van der Waals surface area contributed by atoms with Gasteiger partial charge in [0.2, 0.25) is 0 Å². The van der Waals surface area contributed by atoms with Crippen molar-refractivity contribution in [3.05, 3.63) is 77.4 Å². The maximum absolute atomic E-state index is 11.8. The number of hydrogen-bond acceptors (Lipinski definition) is 3. The Morgan fingerprint density at radius 1 is 0.947 bits per heavy atom. The molecular formula is C16H13NO2. The normalized spacial score (nSPS) is 20.5. The van der Waals surface area contributed by atoms with Gasteiger partial charge in [0.15, 0.2) is 0 Å². The fourth-order valence-corrected chi connectivity index (χ4v) is 2.12. The van der Waals surface area contributed by atoms with Crippen LogP contribution in [-0.2, 0) is 9.63 Å². The zero-order valence-corrected chi connectivity index (χ0v) is 10.2. The molecule has 2 aromatic rings. The molecule has 3 heteroatoms. The molecule has 1 heterocycles. The van der Waals surface area contributed by atoms with E-state index in [0.29, 0.717) is 5.57 Å². The number of nitrogens with one attached hydrogen (secondary N) is 1. The lowest BCUT2D eigenvalue weighted by Crippen LogP contribution is -2.12. The molecule has 1 atom stereocenters. The van der Waals surface area contributed by atoms with Gasteiger partial charge in [0.1, 0.15) is 6.04 Å². The van der Waals surface area contributed by atoms with Crippen LogP contribution >= 0.6 is 0 Å². The Hall–Kier alpha value is -2.39. The molecule has 1 aliphatic rings. The van der Waals surface area contributed by atoms with E-state index in [1.54, 1.807) is 0 Å². The highest BCUT2D eigenvalue weighted by Crippen LogP contribution is 2.28. The van der Waals surface area contributed by atoms with Gasteiger partial charge in [-0.3, -0.25) is 0 Å². The molecule has 2 aromatic carbocycles. The molecule has 1 fully saturated rings. The van der Waals surface area contributed by atoms with Gasteiger partial charge in [0.05, 0.1) is 5.57 Å². The van der Waals surface area contributed by atoms with E-state index in [-0.39, 0.29) is 12.0 Å². The summed E-state index contributed by atoms with van der Waals surface area (Å²) in [5.74, 6) is -0.322. The second kappa shape index (κ2) is 5.08. The minimum absolute atomic E-state index is 0.214. The topological polar surface area (TPSA) is 38.3 Å². The van der Waals surface area contributed by atoms with Gasteiger partial charge >= 0.3 is 5.97 Å². The first-order chi connectivity index (χ1) is 9.34. The lowest BCUT2D eigenvalue weighted by molar-refractivity contribution is -0.140. The quantitative estimate of drug-likeness (QED) is 0.834. The SMILES string of the molecule is O=C1ONC(c2ccccc2)C1=Cc1ccccc1. The van der Waals surface area contributed by atoms with Gasteiger partial charge in [-0.1, -0.05) is 60.7 Å². The third-order valence-electron chi connectivity index (χ3n) is 3.07. The molecular weight excluding hydrogens is 238 g/mol. The van der Waals surface area contributed by atoms with Crippen LogP contribution in [0.1, 0.15) is 17.2 Å². The molecule has 0 bridgehead atoms. The van der Waals surface area contributed by atoms with Crippen LogP contribution in [0.15, 0.2) is 66.2 Å². The first kappa shape index (κ1) is 11.7. The monoisotopic (exact) mass is 251 g/mol. The third kappa shape index (κ3) is 2.41. The summed E-state index contributed by atoms with van der Waals surface area (Å²) >= 11 is 0. The fraction of sp³-hybridized carbons (Fsp3) is 0.0625. The molecule has 1 aliphatic heterocycles. The van der Waals surface area contributed by atoms with Crippen molar-refractivity contribution in [3.8, 4) is 0 Å². The van der Waals surface area contributed by atoms with Crippen molar-refractivity contribution >= 4 is 12.0 Å². The highest BCUT2D eigenvalue weighted by molar-refractivity contribution is 5.96. The van der Waals surface area contributed by atoms with Crippen LogP contribution in [0, 0.1) is 0 Å². The largest absolute Gasteiger partial charge is 0.366 e. The summed E-state index contributed by atoms with van der Waals surface area (Å²) in [7, 11) is 0. The predicted octanol–water partition coefficient (Wildman–Crippen LogP) is 2.87. The lowest BCUT2D eigenvalue weighted by Gasteiger charge is -2.08. The number of hydrogen-bond donors (Lipinski definition) is 1. The number of rotatable bonds is 2. The van der Waals surface area contributed by atoms with Crippen molar-refractivity contribution in [2.24, 2.45) is 0 Å². The molecule has 3 nitrogen and oxygen atoms in total. The predicted molar refractivity (Wildman–Crippen MR) is 72.8 cm³/mol. The van der Waals surface area contributed by atoms with Crippen molar-refractivity contribution in [1.29, 1.82) is 0 Å². The maximum atomic E-state index is 11.8. The third-order valence-corrected chi connectivity index (χ3v) is 3.07. The zero-order valence-electron chi connectivity index (χ0n) is 10.2. The van der Waals surface area contributed by atoms with E-state index >= 15 is 0 Å². The van der Waals surface area contributed by atoms with Gasteiger partial charge in [-0.2, -0.15) is 0 Å². The number of carbonyl (C=O) groups excluding carboxylic acids is 1. The Balaban J connectivity index is 1.98. The summed E-state index contributed by atoms with van der Waals surface area (Å²) in [5.41, 5.74) is 5.39. The summed E-state index contributed by atoms with van der Waals surface area (Å²) in [4.78, 5) is 16.8. The average Bonchev–Trinajstić information content (AvgIpc) is 2.82. The second-order valence-corrected chi connectivity index (χ2v) is 4.36. The summed E-state index contributed by atoms with van der Waals surface area (Å²) in [5, 5.41) is 0.